The first-order valence-electron chi connectivity index (χ1n) is 14.2. The molecule has 4 aromatic carbocycles. The predicted octanol–water partition coefficient (Wildman–Crippen LogP) is 10.7. The van der Waals surface area contributed by atoms with Crippen LogP contribution in [0.4, 0.5) is 17.1 Å². The first-order chi connectivity index (χ1) is 20.8. The van der Waals surface area contributed by atoms with Crippen LogP contribution in [0.1, 0.15) is 11.5 Å². The van der Waals surface area contributed by atoms with Crippen LogP contribution in [-0.2, 0) is 0 Å². The van der Waals surface area contributed by atoms with Gasteiger partial charge in [0, 0.05) is 44.7 Å². The van der Waals surface area contributed by atoms with E-state index < -0.39 is 0 Å². The van der Waals surface area contributed by atoms with E-state index in [1.54, 1.807) is 6.08 Å². The molecule has 6 aromatic rings. The van der Waals surface area contributed by atoms with Crippen LogP contribution in [0.3, 0.4) is 0 Å². The molecule has 3 nitrogen and oxygen atoms in total. The number of nitrogens with one attached hydrogen (secondary N) is 2. The molecule has 2 atom stereocenters. The maximum atomic E-state index is 3.78. The average molecular weight is 562 g/mol. The minimum atomic E-state index is 0.180. The Bertz CT molecular complexity index is 2020. The zero-order chi connectivity index (χ0) is 28.3. The smallest absolute Gasteiger partial charge is 0.0722 e. The van der Waals surface area contributed by atoms with E-state index in [9.17, 15) is 0 Å². The summed E-state index contributed by atoms with van der Waals surface area (Å²) in [6.07, 6.45) is 18.8. The summed E-state index contributed by atoms with van der Waals surface area (Å²) in [4.78, 5) is 0. The van der Waals surface area contributed by atoms with Crippen LogP contribution in [0, 0.1) is 0 Å². The van der Waals surface area contributed by atoms with Crippen LogP contribution in [-0.4, -0.2) is 10.6 Å². The quantitative estimate of drug-likeness (QED) is 0.181. The van der Waals surface area contributed by atoms with Crippen molar-refractivity contribution in [2.45, 2.75) is 12.0 Å². The fourth-order valence-corrected chi connectivity index (χ4v) is 7.01. The predicted molar refractivity (Wildman–Crippen MR) is 184 cm³/mol. The lowest BCUT2D eigenvalue weighted by atomic mass is 9.87. The number of hydrogen-bond acceptors (Lipinski definition) is 3. The summed E-state index contributed by atoms with van der Waals surface area (Å²) in [5, 5.41) is 9.92. The van der Waals surface area contributed by atoms with Crippen LogP contribution < -0.4 is 10.6 Å². The minimum absolute atomic E-state index is 0.180. The van der Waals surface area contributed by atoms with E-state index in [-0.39, 0.29) is 12.0 Å². The first kappa shape index (κ1) is 25.9. The molecule has 0 saturated heterocycles. The lowest BCUT2D eigenvalue weighted by Crippen LogP contribution is -2.25. The van der Waals surface area contributed by atoms with Gasteiger partial charge in [-0.1, -0.05) is 97.6 Å². The molecule has 42 heavy (non-hydrogen) atoms. The number of para-hydroxylation sites is 1. The molecule has 0 fully saturated rings. The van der Waals surface area contributed by atoms with Crippen molar-refractivity contribution in [3.05, 3.63) is 158 Å². The van der Waals surface area contributed by atoms with Crippen molar-refractivity contribution in [1.29, 1.82) is 0 Å². The van der Waals surface area contributed by atoms with Crippen molar-refractivity contribution < 1.29 is 0 Å². The summed E-state index contributed by atoms with van der Waals surface area (Å²) in [5.41, 5.74) is 6.99. The average Bonchev–Trinajstić information content (AvgIpc) is 3.55. The van der Waals surface area contributed by atoms with Gasteiger partial charge in [0.1, 0.15) is 0 Å². The summed E-state index contributed by atoms with van der Waals surface area (Å²) in [6, 6.07) is 34.7. The highest BCUT2D eigenvalue weighted by Crippen LogP contribution is 2.42. The number of rotatable bonds is 8. The molecule has 1 aliphatic rings. The second kappa shape index (κ2) is 11.4. The summed E-state index contributed by atoms with van der Waals surface area (Å²) >= 11 is 1.86. The van der Waals surface area contributed by atoms with E-state index in [1.807, 2.05) is 29.6 Å². The Morgan fingerprint density at radius 3 is 2.43 bits per heavy atom. The third kappa shape index (κ3) is 4.98. The van der Waals surface area contributed by atoms with E-state index in [2.05, 4.69) is 149 Å². The van der Waals surface area contributed by atoms with Crippen molar-refractivity contribution in [3.8, 4) is 0 Å². The van der Waals surface area contributed by atoms with Gasteiger partial charge in [0.25, 0.3) is 0 Å². The maximum Gasteiger partial charge on any atom is 0.0722 e. The van der Waals surface area contributed by atoms with Gasteiger partial charge in [-0.3, -0.25) is 0 Å². The van der Waals surface area contributed by atoms with Gasteiger partial charge in [-0.2, -0.15) is 0 Å². The Hall–Kier alpha value is -5.06. The van der Waals surface area contributed by atoms with Gasteiger partial charge >= 0.3 is 0 Å². The molecule has 204 valence electrons. The second-order valence-corrected chi connectivity index (χ2v) is 11.5. The molecule has 0 aliphatic heterocycles. The summed E-state index contributed by atoms with van der Waals surface area (Å²) < 4.78 is 4.91. The highest BCUT2D eigenvalue weighted by molar-refractivity contribution is 7.26. The molecule has 0 saturated carbocycles. The second-order valence-electron chi connectivity index (χ2n) is 10.4. The molecule has 0 radical (unpaired) electrons. The maximum absolute atomic E-state index is 3.78. The Kier molecular flexibility index (Phi) is 7.05. The van der Waals surface area contributed by atoms with Crippen molar-refractivity contribution in [3.63, 3.8) is 0 Å². The van der Waals surface area contributed by atoms with Crippen LogP contribution in [0.2, 0.25) is 0 Å². The normalized spacial score (nSPS) is 16.8. The Morgan fingerprint density at radius 1 is 0.714 bits per heavy atom. The molecule has 4 heteroatoms. The Balaban J connectivity index is 1.23. The van der Waals surface area contributed by atoms with Crippen LogP contribution >= 0.6 is 11.3 Å². The molecule has 2 N–H and O–H groups in total. The van der Waals surface area contributed by atoms with Gasteiger partial charge in [-0.15, -0.1) is 11.3 Å². The molecule has 1 aliphatic carbocycles. The Morgan fingerprint density at radius 2 is 1.52 bits per heavy atom. The van der Waals surface area contributed by atoms with Crippen LogP contribution in [0.25, 0.3) is 37.4 Å². The fraction of sp³-hybridized carbons (Fsp3) is 0.0526. The van der Waals surface area contributed by atoms with Gasteiger partial charge in [0.05, 0.1) is 21.8 Å². The number of allylic oxidation sites excluding steroid dienone is 6. The lowest BCUT2D eigenvalue weighted by molar-refractivity contribution is 0.756. The summed E-state index contributed by atoms with van der Waals surface area (Å²) in [6.45, 7) is 3.78. The topological polar surface area (TPSA) is 29.0 Å². The number of thiophene rings is 1. The van der Waals surface area contributed by atoms with Gasteiger partial charge in [0.15, 0.2) is 0 Å². The zero-order valence-corrected chi connectivity index (χ0v) is 24.0. The molecular weight excluding hydrogens is 531 g/mol. The molecule has 7 rings (SSSR count). The van der Waals surface area contributed by atoms with E-state index in [1.165, 1.54) is 36.8 Å². The van der Waals surface area contributed by atoms with Crippen molar-refractivity contribution in [2.75, 3.05) is 10.6 Å². The SMILES string of the molecule is C=C/C=C\C=C/n1c2ccc(Nc3cccc(C4C=CC=CC4Nc4ccccc4)c3)cc2c2sc3ccccc3c21. The van der Waals surface area contributed by atoms with Crippen LogP contribution in [0.5, 0.6) is 0 Å². The van der Waals surface area contributed by atoms with Crippen molar-refractivity contribution in [1.82, 2.24) is 4.57 Å². The minimum Gasteiger partial charge on any atom is -0.378 e. The van der Waals surface area contributed by atoms with Crippen molar-refractivity contribution in [2.24, 2.45) is 0 Å². The van der Waals surface area contributed by atoms with Gasteiger partial charge in [-0.25, -0.2) is 0 Å². The largest absolute Gasteiger partial charge is 0.378 e. The highest BCUT2D eigenvalue weighted by Gasteiger charge is 2.21. The van der Waals surface area contributed by atoms with E-state index >= 15 is 0 Å². The molecule has 0 spiro atoms. The zero-order valence-electron chi connectivity index (χ0n) is 23.2. The van der Waals surface area contributed by atoms with Gasteiger partial charge in [-0.05, 0) is 60.2 Å². The summed E-state index contributed by atoms with van der Waals surface area (Å²) in [5.74, 6) is 0.230. The molecule has 2 heterocycles. The monoisotopic (exact) mass is 561 g/mol. The fourth-order valence-electron chi connectivity index (χ4n) is 5.79. The number of aromatic nitrogens is 1. The number of anilines is 3. The molecule has 0 bridgehead atoms. The van der Waals surface area contributed by atoms with Crippen molar-refractivity contribution >= 4 is 65.8 Å². The van der Waals surface area contributed by atoms with E-state index in [4.69, 9.17) is 0 Å². The molecule has 0 amide bonds. The number of benzene rings is 4. The molecular formula is C38H31N3S. The van der Waals surface area contributed by atoms with E-state index in [0.717, 1.165) is 17.1 Å². The lowest BCUT2D eigenvalue weighted by Gasteiger charge is -2.27. The summed E-state index contributed by atoms with van der Waals surface area (Å²) in [7, 11) is 0. The third-order valence-electron chi connectivity index (χ3n) is 7.71. The number of fused-ring (bicyclic) bond motifs is 5. The molecule has 2 aromatic heterocycles. The van der Waals surface area contributed by atoms with Gasteiger partial charge in [0.2, 0.25) is 0 Å². The standard InChI is InChI=1S/C38H31N3S/c1-2-3-4-12-24-41-35-23-22-30(26-33(35)38-37(41)32-19-9-11-21-36(32)42-38)39-29-17-13-14-27(25-29)31-18-8-10-20-34(31)40-28-15-6-5-7-16-28/h2-26,31,34,39-40H,1H2/b4-3-,24-12-. The number of hydrogen-bond donors (Lipinski definition) is 2. The molecule has 2 unspecified atom stereocenters. The highest BCUT2D eigenvalue weighted by atomic mass is 32.1. The van der Waals surface area contributed by atoms with Gasteiger partial charge < -0.3 is 15.2 Å². The number of nitrogens with zero attached hydrogens (tertiary/aromatic N) is 1. The third-order valence-corrected chi connectivity index (χ3v) is 8.90. The Labute approximate surface area is 250 Å². The first-order valence-corrected chi connectivity index (χ1v) is 15.0. The van der Waals surface area contributed by atoms with Crippen LogP contribution in [0.15, 0.2) is 152 Å². The van der Waals surface area contributed by atoms with E-state index in [0.29, 0.717) is 0 Å².